The quantitative estimate of drug-likeness (QED) is 0.758. The van der Waals surface area contributed by atoms with Crippen molar-refractivity contribution >= 4 is 12.0 Å². The van der Waals surface area contributed by atoms with Gasteiger partial charge >= 0.3 is 12.0 Å². The van der Waals surface area contributed by atoms with Crippen molar-refractivity contribution in [2.45, 2.75) is 26.7 Å². The minimum atomic E-state index is -0.962. The van der Waals surface area contributed by atoms with E-state index in [1.807, 2.05) is 13.8 Å². The van der Waals surface area contributed by atoms with Crippen LogP contribution in [0.1, 0.15) is 26.7 Å². The Labute approximate surface area is 102 Å². The summed E-state index contributed by atoms with van der Waals surface area (Å²) >= 11 is 0. The molecule has 0 spiro atoms. The van der Waals surface area contributed by atoms with Crippen LogP contribution in [0.3, 0.4) is 0 Å². The lowest BCUT2D eigenvalue weighted by atomic mass is 10.1. The van der Waals surface area contributed by atoms with Gasteiger partial charge in [-0.1, -0.05) is 18.6 Å². The Bertz CT molecular complexity index is 326. The number of rotatable bonds is 4. The summed E-state index contributed by atoms with van der Waals surface area (Å²) in [5, 5.41) is 8.79. The van der Waals surface area contributed by atoms with Crippen molar-refractivity contribution in [3.63, 3.8) is 0 Å². The Morgan fingerprint density at radius 3 is 2.76 bits per heavy atom. The van der Waals surface area contributed by atoms with Crippen LogP contribution >= 0.6 is 0 Å². The second-order valence-electron chi connectivity index (χ2n) is 4.36. The second kappa shape index (κ2) is 6.27. The van der Waals surface area contributed by atoms with Crippen LogP contribution in [0.15, 0.2) is 11.6 Å². The summed E-state index contributed by atoms with van der Waals surface area (Å²) in [6, 6.07) is -0.165. The predicted octanol–water partition coefficient (Wildman–Crippen LogP) is 1.56. The molecule has 0 aromatic rings. The number of carbonyl (C=O) groups is 2. The van der Waals surface area contributed by atoms with E-state index in [-0.39, 0.29) is 12.6 Å². The first-order valence-corrected chi connectivity index (χ1v) is 5.96. The van der Waals surface area contributed by atoms with Gasteiger partial charge in [0.05, 0.1) is 0 Å². The molecule has 17 heavy (non-hydrogen) atoms. The fraction of sp³-hybridized carbons (Fsp3) is 0.667. The van der Waals surface area contributed by atoms with E-state index in [9.17, 15) is 9.59 Å². The molecule has 96 valence electrons. The highest BCUT2D eigenvalue weighted by Crippen LogP contribution is 2.11. The highest BCUT2D eigenvalue weighted by Gasteiger charge is 2.23. The summed E-state index contributed by atoms with van der Waals surface area (Å²) < 4.78 is 0. The topological polar surface area (TPSA) is 60.9 Å². The smallest absolute Gasteiger partial charge is 0.323 e. The summed E-state index contributed by atoms with van der Waals surface area (Å²) in [5.74, 6) is -0.962. The van der Waals surface area contributed by atoms with Gasteiger partial charge in [-0.15, -0.1) is 0 Å². The van der Waals surface area contributed by atoms with Crippen LogP contribution in [0.4, 0.5) is 4.79 Å². The number of carbonyl (C=O) groups excluding carboxylic acids is 1. The lowest BCUT2D eigenvalue weighted by molar-refractivity contribution is -0.137. The molecule has 0 aromatic heterocycles. The number of amides is 2. The monoisotopic (exact) mass is 240 g/mol. The molecular formula is C12H20N2O3. The number of carboxylic acid groups (broad SMARTS) is 1. The first-order chi connectivity index (χ1) is 8.04. The van der Waals surface area contributed by atoms with Gasteiger partial charge in [0.2, 0.25) is 0 Å². The van der Waals surface area contributed by atoms with E-state index in [2.05, 4.69) is 6.08 Å². The van der Waals surface area contributed by atoms with Gasteiger partial charge in [-0.05, 0) is 19.8 Å². The first-order valence-electron chi connectivity index (χ1n) is 5.96. The minimum Gasteiger partial charge on any atom is -0.480 e. The maximum Gasteiger partial charge on any atom is 0.323 e. The summed E-state index contributed by atoms with van der Waals surface area (Å²) in [4.78, 5) is 26.0. The maximum absolute atomic E-state index is 12.1. The summed E-state index contributed by atoms with van der Waals surface area (Å²) in [7, 11) is 0. The number of urea groups is 1. The molecule has 0 fully saturated rings. The molecule has 0 unspecified atom stereocenters. The zero-order valence-electron chi connectivity index (χ0n) is 10.5. The molecule has 1 N–H and O–H groups in total. The second-order valence-corrected chi connectivity index (χ2v) is 4.36. The molecule has 1 aliphatic rings. The summed E-state index contributed by atoms with van der Waals surface area (Å²) in [6.07, 6.45) is 3.73. The molecule has 5 heteroatoms. The highest BCUT2D eigenvalue weighted by molar-refractivity contribution is 5.80. The van der Waals surface area contributed by atoms with Gasteiger partial charge < -0.3 is 14.9 Å². The molecule has 0 bridgehead atoms. The van der Waals surface area contributed by atoms with Crippen LogP contribution in [-0.2, 0) is 4.79 Å². The molecule has 0 aliphatic carbocycles. The molecule has 1 rings (SSSR count). The largest absolute Gasteiger partial charge is 0.480 e. The van der Waals surface area contributed by atoms with Gasteiger partial charge in [0.1, 0.15) is 6.54 Å². The molecule has 1 aliphatic heterocycles. The predicted molar refractivity (Wildman–Crippen MR) is 64.8 cm³/mol. The molecule has 2 amide bonds. The van der Waals surface area contributed by atoms with Crippen molar-refractivity contribution in [3.05, 3.63) is 11.6 Å². The normalized spacial score (nSPS) is 15.4. The van der Waals surface area contributed by atoms with Crippen LogP contribution < -0.4 is 0 Å². The Morgan fingerprint density at radius 2 is 2.24 bits per heavy atom. The van der Waals surface area contributed by atoms with Crippen LogP contribution in [-0.4, -0.2) is 53.1 Å². The third-order valence-corrected chi connectivity index (χ3v) is 2.69. The van der Waals surface area contributed by atoms with Crippen molar-refractivity contribution in [3.8, 4) is 0 Å². The summed E-state index contributed by atoms with van der Waals surface area (Å²) in [6.45, 7) is 5.48. The highest BCUT2D eigenvalue weighted by atomic mass is 16.4. The SMILES string of the molecule is CCCN(CC(=O)O)C(=O)N1CCC=C(C)C1. The van der Waals surface area contributed by atoms with Gasteiger partial charge in [0, 0.05) is 19.6 Å². The van der Waals surface area contributed by atoms with Crippen molar-refractivity contribution in [2.75, 3.05) is 26.2 Å². The van der Waals surface area contributed by atoms with E-state index in [1.54, 1.807) is 4.90 Å². The van der Waals surface area contributed by atoms with E-state index >= 15 is 0 Å². The summed E-state index contributed by atoms with van der Waals surface area (Å²) in [5.41, 5.74) is 1.16. The van der Waals surface area contributed by atoms with E-state index < -0.39 is 5.97 Å². The van der Waals surface area contributed by atoms with Gasteiger partial charge in [0.15, 0.2) is 0 Å². The van der Waals surface area contributed by atoms with Gasteiger partial charge in [-0.25, -0.2) is 4.79 Å². The molecule has 5 nitrogen and oxygen atoms in total. The third-order valence-electron chi connectivity index (χ3n) is 2.69. The van der Waals surface area contributed by atoms with Gasteiger partial charge in [-0.2, -0.15) is 0 Å². The van der Waals surface area contributed by atoms with Crippen LogP contribution in [0.2, 0.25) is 0 Å². The van der Waals surface area contributed by atoms with Crippen molar-refractivity contribution in [2.24, 2.45) is 0 Å². The number of hydrogen-bond donors (Lipinski definition) is 1. The Balaban J connectivity index is 2.63. The lowest BCUT2D eigenvalue weighted by Gasteiger charge is -2.31. The van der Waals surface area contributed by atoms with E-state index in [0.717, 1.165) is 18.4 Å². The molecule has 0 radical (unpaired) electrons. The van der Waals surface area contributed by atoms with E-state index in [0.29, 0.717) is 19.6 Å². The van der Waals surface area contributed by atoms with E-state index in [4.69, 9.17) is 5.11 Å². The molecule has 1 heterocycles. The zero-order chi connectivity index (χ0) is 12.8. The molecule has 0 aromatic carbocycles. The van der Waals surface area contributed by atoms with Crippen molar-refractivity contribution < 1.29 is 14.7 Å². The van der Waals surface area contributed by atoms with Crippen LogP contribution in [0, 0.1) is 0 Å². The average Bonchev–Trinajstić information content (AvgIpc) is 2.27. The maximum atomic E-state index is 12.1. The standard InChI is InChI=1S/C12H20N2O3/c1-3-6-13(9-11(15)16)12(17)14-7-4-5-10(2)8-14/h5H,3-4,6-9H2,1-2H3,(H,15,16). The van der Waals surface area contributed by atoms with Crippen molar-refractivity contribution in [1.29, 1.82) is 0 Å². The zero-order valence-corrected chi connectivity index (χ0v) is 10.5. The van der Waals surface area contributed by atoms with Gasteiger partial charge in [-0.3, -0.25) is 4.79 Å². The Morgan fingerprint density at radius 1 is 1.53 bits per heavy atom. The lowest BCUT2D eigenvalue weighted by Crippen LogP contribution is -2.47. The average molecular weight is 240 g/mol. The fourth-order valence-electron chi connectivity index (χ4n) is 1.95. The third kappa shape index (κ3) is 4.09. The van der Waals surface area contributed by atoms with E-state index in [1.165, 1.54) is 4.90 Å². The number of carboxylic acids is 1. The molecular weight excluding hydrogens is 220 g/mol. The van der Waals surface area contributed by atoms with Gasteiger partial charge in [0.25, 0.3) is 0 Å². The van der Waals surface area contributed by atoms with Crippen molar-refractivity contribution in [1.82, 2.24) is 9.80 Å². The number of nitrogens with zero attached hydrogens (tertiary/aromatic N) is 2. The number of aliphatic carboxylic acids is 1. The molecule has 0 saturated heterocycles. The fourth-order valence-corrected chi connectivity index (χ4v) is 1.95. The minimum absolute atomic E-state index is 0.165. The Kier molecular flexibility index (Phi) is 5.00. The Hall–Kier alpha value is -1.52. The van der Waals surface area contributed by atoms with Crippen LogP contribution in [0.25, 0.3) is 0 Å². The van der Waals surface area contributed by atoms with Crippen LogP contribution in [0.5, 0.6) is 0 Å². The number of hydrogen-bond acceptors (Lipinski definition) is 2. The first kappa shape index (κ1) is 13.5. The molecule has 0 atom stereocenters. The molecule has 0 saturated carbocycles.